The van der Waals surface area contributed by atoms with Crippen molar-refractivity contribution in [1.29, 1.82) is 0 Å². The van der Waals surface area contributed by atoms with E-state index in [2.05, 4.69) is 44.0 Å². The number of amides is 1. The third-order valence-corrected chi connectivity index (χ3v) is 7.69. The Bertz CT molecular complexity index is 1390. The number of pyridine rings is 1. The Kier molecular flexibility index (Phi) is 6.20. The van der Waals surface area contributed by atoms with E-state index in [1.165, 1.54) is 0 Å². The molecule has 0 N–H and O–H groups in total. The number of para-hydroxylation sites is 1. The van der Waals surface area contributed by atoms with Gasteiger partial charge in [0.2, 0.25) is 5.91 Å². The van der Waals surface area contributed by atoms with Crippen molar-refractivity contribution in [1.82, 2.24) is 29.9 Å². The molecular formula is C28H32N8O. The van der Waals surface area contributed by atoms with E-state index in [1.807, 2.05) is 59.1 Å². The number of benzene rings is 1. The van der Waals surface area contributed by atoms with Gasteiger partial charge in [-0.15, -0.1) is 5.10 Å². The standard InChI is InChI=1S/C28H32N8O/c1-20-25-21(2)36(23-8-4-3-5-9-23)32-26(25)27(31-30-20)34-14-11-22(12-15-34)28(37)35-18-16-33(17-19-35)24-10-6-7-13-29-24/h3-10,13,22H,11-12,14-19H2,1-2H3. The van der Waals surface area contributed by atoms with Crippen LogP contribution in [0.3, 0.4) is 0 Å². The molecule has 0 radical (unpaired) electrons. The number of piperidine rings is 1. The largest absolute Gasteiger partial charge is 0.353 e. The van der Waals surface area contributed by atoms with Crippen LogP contribution in [0.15, 0.2) is 54.7 Å². The summed E-state index contributed by atoms with van der Waals surface area (Å²) in [6, 6.07) is 16.1. The quantitative estimate of drug-likeness (QED) is 0.428. The third-order valence-electron chi connectivity index (χ3n) is 7.69. The Morgan fingerprint density at radius 3 is 2.27 bits per heavy atom. The van der Waals surface area contributed by atoms with E-state index in [4.69, 9.17) is 5.10 Å². The van der Waals surface area contributed by atoms with Gasteiger partial charge < -0.3 is 14.7 Å². The molecule has 4 aromatic rings. The Labute approximate surface area is 216 Å². The zero-order valence-corrected chi connectivity index (χ0v) is 21.4. The fraction of sp³-hybridized carbons (Fsp3) is 0.393. The van der Waals surface area contributed by atoms with E-state index < -0.39 is 0 Å². The molecule has 0 unspecified atom stereocenters. The number of piperazine rings is 1. The molecule has 1 amide bonds. The van der Waals surface area contributed by atoms with Crippen LogP contribution in [0.4, 0.5) is 11.6 Å². The molecule has 6 rings (SSSR count). The zero-order chi connectivity index (χ0) is 25.4. The highest BCUT2D eigenvalue weighted by Gasteiger charge is 2.32. The number of aryl methyl sites for hydroxylation is 2. The van der Waals surface area contributed by atoms with Gasteiger partial charge in [0.05, 0.1) is 22.5 Å². The first-order valence-electron chi connectivity index (χ1n) is 13.1. The summed E-state index contributed by atoms with van der Waals surface area (Å²) in [5, 5.41) is 15.1. The van der Waals surface area contributed by atoms with E-state index in [1.54, 1.807) is 0 Å². The molecule has 2 aliphatic heterocycles. The molecule has 190 valence electrons. The number of anilines is 2. The van der Waals surface area contributed by atoms with Crippen LogP contribution in [-0.4, -0.2) is 75.0 Å². The van der Waals surface area contributed by atoms with Gasteiger partial charge in [0.25, 0.3) is 0 Å². The summed E-state index contributed by atoms with van der Waals surface area (Å²) in [6.45, 7) is 8.75. The first kappa shape index (κ1) is 23.4. The molecule has 0 saturated carbocycles. The predicted molar refractivity (Wildman–Crippen MR) is 144 cm³/mol. The smallest absolute Gasteiger partial charge is 0.225 e. The summed E-state index contributed by atoms with van der Waals surface area (Å²) >= 11 is 0. The number of carbonyl (C=O) groups is 1. The third kappa shape index (κ3) is 4.39. The maximum Gasteiger partial charge on any atom is 0.225 e. The van der Waals surface area contributed by atoms with E-state index in [-0.39, 0.29) is 11.8 Å². The van der Waals surface area contributed by atoms with Crippen molar-refractivity contribution >= 4 is 28.4 Å². The van der Waals surface area contributed by atoms with Crippen molar-refractivity contribution in [3.63, 3.8) is 0 Å². The highest BCUT2D eigenvalue weighted by molar-refractivity contribution is 5.92. The Hall–Kier alpha value is -4.01. The predicted octanol–water partition coefficient (Wildman–Crippen LogP) is 3.39. The number of hydrogen-bond acceptors (Lipinski definition) is 7. The van der Waals surface area contributed by atoms with Gasteiger partial charge in [0.1, 0.15) is 11.3 Å². The molecule has 0 bridgehead atoms. The van der Waals surface area contributed by atoms with Crippen LogP contribution in [0.1, 0.15) is 24.2 Å². The van der Waals surface area contributed by atoms with Crippen molar-refractivity contribution in [2.45, 2.75) is 26.7 Å². The van der Waals surface area contributed by atoms with Gasteiger partial charge in [-0.1, -0.05) is 24.3 Å². The van der Waals surface area contributed by atoms with Crippen molar-refractivity contribution in [2.24, 2.45) is 5.92 Å². The maximum absolute atomic E-state index is 13.3. The van der Waals surface area contributed by atoms with E-state index >= 15 is 0 Å². The molecule has 0 atom stereocenters. The minimum atomic E-state index is 0.0511. The minimum Gasteiger partial charge on any atom is -0.353 e. The number of nitrogens with zero attached hydrogens (tertiary/aromatic N) is 8. The number of rotatable bonds is 4. The fourth-order valence-corrected chi connectivity index (χ4v) is 5.64. The Morgan fingerprint density at radius 1 is 0.838 bits per heavy atom. The average Bonchev–Trinajstić information content (AvgIpc) is 3.32. The fourth-order valence-electron chi connectivity index (χ4n) is 5.64. The molecule has 2 saturated heterocycles. The van der Waals surface area contributed by atoms with Gasteiger partial charge >= 0.3 is 0 Å². The number of fused-ring (bicyclic) bond motifs is 1. The summed E-state index contributed by atoms with van der Waals surface area (Å²) in [5.74, 6) is 2.13. The maximum atomic E-state index is 13.3. The van der Waals surface area contributed by atoms with Gasteiger partial charge in [-0.3, -0.25) is 4.79 Å². The van der Waals surface area contributed by atoms with E-state index in [0.717, 1.165) is 91.7 Å². The first-order valence-corrected chi connectivity index (χ1v) is 13.1. The van der Waals surface area contributed by atoms with Gasteiger partial charge in [0, 0.05) is 51.4 Å². The second-order valence-electron chi connectivity index (χ2n) is 9.93. The van der Waals surface area contributed by atoms with Crippen LogP contribution in [0.5, 0.6) is 0 Å². The summed E-state index contributed by atoms with van der Waals surface area (Å²) in [4.78, 5) is 24.3. The van der Waals surface area contributed by atoms with Gasteiger partial charge in [0.15, 0.2) is 5.82 Å². The highest BCUT2D eigenvalue weighted by Crippen LogP contribution is 2.32. The summed E-state index contributed by atoms with van der Waals surface area (Å²) in [6.07, 6.45) is 3.45. The van der Waals surface area contributed by atoms with Crippen LogP contribution >= 0.6 is 0 Å². The summed E-state index contributed by atoms with van der Waals surface area (Å²) in [5.41, 5.74) is 3.84. The number of carbonyl (C=O) groups excluding carboxylic acids is 1. The molecule has 0 spiro atoms. The van der Waals surface area contributed by atoms with Crippen molar-refractivity contribution < 1.29 is 4.79 Å². The van der Waals surface area contributed by atoms with E-state index in [0.29, 0.717) is 0 Å². The molecule has 0 aliphatic carbocycles. The first-order chi connectivity index (χ1) is 18.1. The highest BCUT2D eigenvalue weighted by atomic mass is 16.2. The molecule has 5 heterocycles. The Balaban J connectivity index is 1.14. The lowest BCUT2D eigenvalue weighted by Crippen LogP contribution is -2.52. The van der Waals surface area contributed by atoms with E-state index in [9.17, 15) is 4.79 Å². The molecule has 9 nitrogen and oxygen atoms in total. The molecule has 2 fully saturated rings. The van der Waals surface area contributed by atoms with Crippen molar-refractivity contribution in [3.05, 3.63) is 66.1 Å². The van der Waals surface area contributed by atoms with Gasteiger partial charge in [-0.2, -0.15) is 10.2 Å². The minimum absolute atomic E-state index is 0.0511. The molecule has 2 aliphatic rings. The second-order valence-corrected chi connectivity index (χ2v) is 9.93. The van der Waals surface area contributed by atoms with Crippen LogP contribution in [-0.2, 0) is 4.79 Å². The van der Waals surface area contributed by atoms with Crippen LogP contribution in [0.25, 0.3) is 16.6 Å². The lowest BCUT2D eigenvalue weighted by atomic mass is 9.95. The summed E-state index contributed by atoms with van der Waals surface area (Å²) < 4.78 is 1.98. The van der Waals surface area contributed by atoms with Gasteiger partial charge in [-0.05, 0) is 51.0 Å². The topological polar surface area (TPSA) is 83.3 Å². The molecule has 1 aromatic carbocycles. The SMILES string of the molecule is Cc1nnc(N2CCC(C(=O)N3CCN(c4ccccn4)CC3)CC2)c2nn(-c3ccccc3)c(C)c12. The zero-order valence-electron chi connectivity index (χ0n) is 21.4. The van der Waals surface area contributed by atoms with Crippen LogP contribution < -0.4 is 9.80 Å². The summed E-state index contributed by atoms with van der Waals surface area (Å²) in [7, 11) is 0. The molecule has 37 heavy (non-hydrogen) atoms. The molecular weight excluding hydrogens is 464 g/mol. The van der Waals surface area contributed by atoms with Crippen LogP contribution in [0, 0.1) is 19.8 Å². The second kappa shape index (κ2) is 9.80. The normalized spacial score (nSPS) is 17.0. The number of aromatic nitrogens is 5. The monoisotopic (exact) mass is 496 g/mol. The van der Waals surface area contributed by atoms with Crippen molar-refractivity contribution in [2.75, 3.05) is 49.1 Å². The van der Waals surface area contributed by atoms with Crippen molar-refractivity contribution in [3.8, 4) is 5.69 Å². The molecule has 9 heteroatoms. The number of hydrogen-bond donors (Lipinski definition) is 0. The Morgan fingerprint density at radius 2 is 1.57 bits per heavy atom. The lowest BCUT2D eigenvalue weighted by Gasteiger charge is -2.39. The lowest BCUT2D eigenvalue weighted by molar-refractivity contribution is -0.136. The van der Waals surface area contributed by atoms with Gasteiger partial charge in [-0.25, -0.2) is 9.67 Å². The average molecular weight is 497 g/mol. The van der Waals surface area contributed by atoms with Crippen LogP contribution in [0.2, 0.25) is 0 Å². The molecule has 3 aromatic heterocycles.